The van der Waals surface area contributed by atoms with Crippen LogP contribution in [-0.4, -0.2) is 44.6 Å². The maximum atomic E-state index is 13.2. The van der Waals surface area contributed by atoms with Gasteiger partial charge >= 0.3 is 0 Å². The van der Waals surface area contributed by atoms with Crippen LogP contribution in [0.15, 0.2) is 29.3 Å². The Morgan fingerprint density at radius 1 is 1.08 bits per heavy atom. The molecule has 1 aromatic carbocycles. The number of guanidine groups is 1. The molecular weight excluding hydrogens is 430 g/mol. The van der Waals surface area contributed by atoms with Crippen molar-refractivity contribution in [2.45, 2.75) is 45.6 Å². The lowest BCUT2D eigenvalue weighted by Crippen LogP contribution is -2.37. The van der Waals surface area contributed by atoms with Gasteiger partial charge in [0.2, 0.25) is 0 Å². The first-order valence-electron chi connectivity index (χ1n) is 9.03. The highest BCUT2D eigenvalue weighted by Crippen LogP contribution is 2.05. The molecule has 0 heterocycles. The summed E-state index contributed by atoms with van der Waals surface area (Å²) in [5.41, 5.74) is 0.882. The molecule has 0 saturated carbocycles. The van der Waals surface area contributed by atoms with Gasteiger partial charge in [0.15, 0.2) is 5.96 Å². The fraction of sp³-hybridized carbons (Fsp3) is 0.632. The van der Waals surface area contributed by atoms with Gasteiger partial charge in [0, 0.05) is 13.1 Å². The SMILES string of the molecule is CCNC(=NCc1cccc(F)c1)NCCCCCCCN(C)C.I. The molecule has 1 aromatic rings. The molecule has 0 unspecified atom stereocenters. The first kappa shape index (κ1) is 24.1. The Morgan fingerprint density at radius 3 is 2.48 bits per heavy atom. The third kappa shape index (κ3) is 13.0. The Balaban J connectivity index is 0.00000576. The topological polar surface area (TPSA) is 39.7 Å². The molecule has 0 aliphatic heterocycles. The summed E-state index contributed by atoms with van der Waals surface area (Å²) in [5.74, 6) is 0.587. The van der Waals surface area contributed by atoms with Gasteiger partial charge in [-0.1, -0.05) is 31.4 Å². The molecule has 0 radical (unpaired) electrons. The number of hydrogen-bond donors (Lipinski definition) is 2. The van der Waals surface area contributed by atoms with Gasteiger partial charge in [0.1, 0.15) is 5.82 Å². The standard InChI is InChI=1S/C19H33FN4.HI/c1-4-21-19(23-16-17-11-10-12-18(20)15-17)22-13-8-6-5-7-9-14-24(2)3;/h10-12,15H,4-9,13-14,16H2,1-3H3,(H2,21,22,23);1H. The summed E-state index contributed by atoms with van der Waals surface area (Å²) in [6.07, 6.45) is 6.24. The minimum atomic E-state index is -0.213. The van der Waals surface area contributed by atoms with Crippen LogP contribution in [0.1, 0.15) is 44.6 Å². The third-order valence-corrected chi connectivity index (χ3v) is 3.73. The van der Waals surface area contributed by atoms with E-state index in [-0.39, 0.29) is 29.8 Å². The fourth-order valence-electron chi connectivity index (χ4n) is 2.44. The van der Waals surface area contributed by atoms with Crippen molar-refractivity contribution in [3.63, 3.8) is 0 Å². The van der Waals surface area contributed by atoms with Crippen molar-refractivity contribution in [1.29, 1.82) is 0 Å². The maximum Gasteiger partial charge on any atom is 0.191 e. The Bertz CT molecular complexity index is 480. The highest BCUT2D eigenvalue weighted by molar-refractivity contribution is 14.0. The smallest absolute Gasteiger partial charge is 0.191 e. The maximum absolute atomic E-state index is 13.2. The van der Waals surface area contributed by atoms with Gasteiger partial charge in [0.25, 0.3) is 0 Å². The van der Waals surface area contributed by atoms with Crippen molar-refractivity contribution in [3.8, 4) is 0 Å². The second-order valence-corrected chi connectivity index (χ2v) is 6.32. The van der Waals surface area contributed by atoms with E-state index < -0.39 is 0 Å². The molecule has 0 saturated heterocycles. The van der Waals surface area contributed by atoms with Crippen LogP contribution in [0.25, 0.3) is 0 Å². The molecule has 25 heavy (non-hydrogen) atoms. The molecule has 0 bridgehead atoms. The molecule has 0 fully saturated rings. The number of aliphatic imine (C=N–C) groups is 1. The zero-order chi connectivity index (χ0) is 17.6. The lowest BCUT2D eigenvalue weighted by Gasteiger charge is -2.11. The number of nitrogens with zero attached hydrogens (tertiary/aromatic N) is 2. The number of hydrogen-bond acceptors (Lipinski definition) is 2. The van der Waals surface area contributed by atoms with E-state index in [4.69, 9.17) is 0 Å². The zero-order valence-corrected chi connectivity index (χ0v) is 18.2. The van der Waals surface area contributed by atoms with Crippen LogP contribution in [0, 0.1) is 5.82 Å². The van der Waals surface area contributed by atoms with Crippen LogP contribution in [0.5, 0.6) is 0 Å². The van der Waals surface area contributed by atoms with E-state index in [1.807, 2.05) is 13.0 Å². The van der Waals surface area contributed by atoms with Crippen molar-refractivity contribution >= 4 is 29.9 Å². The number of halogens is 2. The molecule has 0 spiro atoms. The van der Waals surface area contributed by atoms with E-state index >= 15 is 0 Å². The van der Waals surface area contributed by atoms with Crippen molar-refractivity contribution in [3.05, 3.63) is 35.6 Å². The van der Waals surface area contributed by atoms with E-state index in [9.17, 15) is 4.39 Å². The molecular formula is C19H34FIN4. The first-order valence-corrected chi connectivity index (χ1v) is 9.03. The lowest BCUT2D eigenvalue weighted by molar-refractivity contribution is 0.389. The summed E-state index contributed by atoms with van der Waals surface area (Å²) in [6.45, 7) is 5.44. The molecule has 0 amide bonds. The Morgan fingerprint density at radius 2 is 1.80 bits per heavy atom. The van der Waals surface area contributed by atoms with Crippen LogP contribution in [0.4, 0.5) is 4.39 Å². The van der Waals surface area contributed by atoms with Gasteiger partial charge in [0.05, 0.1) is 6.54 Å². The van der Waals surface area contributed by atoms with Crippen LogP contribution < -0.4 is 10.6 Å². The second kappa shape index (κ2) is 15.4. The average Bonchev–Trinajstić information content (AvgIpc) is 2.54. The van der Waals surface area contributed by atoms with Crippen molar-refractivity contribution < 1.29 is 4.39 Å². The predicted octanol–water partition coefficient (Wildman–Crippen LogP) is 4.01. The molecule has 6 heteroatoms. The van der Waals surface area contributed by atoms with Crippen molar-refractivity contribution in [2.75, 3.05) is 33.7 Å². The largest absolute Gasteiger partial charge is 0.357 e. The Labute approximate surface area is 169 Å². The average molecular weight is 464 g/mol. The van der Waals surface area contributed by atoms with E-state index in [1.165, 1.54) is 44.4 Å². The number of rotatable bonds is 11. The van der Waals surface area contributed by atoms with Gasteiger partial charge in [-0.2, -0.15) is 0 Å². The van der Waals surface area contributed by atoms with Gasteiger partial charge in [-0.05, 0) is 58.1 Å². The van der Waals surface area contributed by atoms with Gasteiger partial charge in [-0.15, -0.1) is 24.0 Å². The normalized spacial score (nSPS) is 11.3. The third-order valence-electron chi connectivity index (χ3n) is 3.73. The molecule has 1 rings (SSSR count). The molecule has 4 nitrogen and oxygen atoms in total. The van der Waals surface area contributed by atoms with E-state index in [0.717, 1.165) is 31.0 Å². The summed E-state index contributed by atoms with van der Waals surface area (Å²) in [5, 5.41) is 6.58. The minimum absolute atomic E-state index is 0. The first-order chi connectivity index (χ1) is 11.6. The zero-order valence-electron chi connectivity index (χ0n) is 15.9. The Hall–Kier alpha value is -0.890. The minimum Gasteiger partial charge on any atom is -0.357 e. The lowest BCUT2D eigenvalue weighted by atomic mass is 10.1. The molecule has 0 atom stereocenters. The van der Waals surface area contributed by atoms with E-state index in [0.29, 0.717) is 6.54 Å². The number of benzene rings is 1. The van der Waals surface area contributed by atoms with Crippen LogP contribution in [-0.2, 0) is 6.54 Å². The quantitative estimate of drug-likeness (QED) is 0.225. The van der Waals surface area contributed by atoms with Crippen LogP contribution in [0.3, 0.4) is 0 Å². The van der Waals surface area contributed by atoms with E-state index in [2.05, 4.69) is 34.6 Å². The Kier molecular flexibility index (Phi) is 14.8. The molecule has 0 aliphatic rings. The monoisotopic (exact) mass is 464 g/mol. The van der Waals surface area contributed by atoms with Gasteiger partial charge < -0.3 is 15.5 Å². The molecule has 0 aliphatic carbocycles. The summed E-state index contributed by atoms with van der Waals surface area (Å²) in [6, 6.07) is 6.59. The highest BCUT2D eigenvalue weighted by atomic mass is 127. The van der Waals surface area contributed by atoms with Crippen molar-refractivity contribution in [2.24, 2.45) is 4.99 Å². The highest BCUT2D eigenvalue weighted by Gasteiger charge is 1.99. The number of nitrogens with one attached hydrogen (secondary N) is 2. The predicted molar refractivity (Wildman–Crippen MR) is 116 cm³/mol. The summed E-state index contributed by atoms with van der Waals surface area (Å²) in [4.78, 5) is 6.75. The van der Waals surface area contributed by atoms with Gasteiger partial charge in [-0.25, -0.2) is 9.38 Å². The summed E-state index contributed by atoms with van der Waals surface area (Å²) >= 11 is 0. The second-order valence-electron chi connectivity index (χ2n) is 6.32. The van der Waals surface area contributed by atoms with E-state index in [1.54, 1.807) is 6.07 Å². The molecule has 144 valence electrons. The molecule has 0 aromatic heterocycles. The van der Waals surface area contributed by atoms with Crippen molar-refractivity contribution in [1.82, 2.24) is 15.5 Å². The number of unbranched alkanes of at least 4 members (excludes halogenated alkanes) is 4. The summed E-state index contributed by atoms with van der Waals surface area (Å²) < 4.78 is 13.2. The summed E-state index contributed by atoms with van der Waals surface area (Å²) in [7, 11) is 4.24. The molecule has 2 N–H and O–H groups in total. The fourth-order valence-corrected chi connectivity index (χ4v) is 2.44. The van der Waals surface area contributed by atoms with Crippen LogP contribution >= 0.6 is 24.0 Å². The van der Waals surface area contributed by atoms with Crippen LogP contribution in [0.2, 0.25) is 0 Å². The van der Waals surface area contributed by atoms with Gasteiger partial charge in [-0.3, -0.25) is 0 Å².